The van der Waals surface area contributed by atoms with Crippen molar-refractivity contribution in [2.75, 3.05) is 20.1 Å². The SMILES string of the molecule is CC(=O)N1CCCCCC1Cc1c(C(=O)N(C)CC2CC(C)NN2)sc2ccccc12. The Morgan fingerprint density at radius 3 is 2.74 bits per heavy atom. The predicted octanol–water partition coefficient (Wildman–Crippen LogP) is 3.56. The zero-order valence-electron chi connectivity index (χ0n) is 18.8. The molecule has 2 aliphatic rings. The average Bonchev–Trinajstić information content (AvgIpc) is 3.22. The van der Waals surface area contributed by atoms with Crippen LogP contribution in [0, 0.1) is 0 Å². The second-order valence-corrected chi connectivity index (χ2v) is 10.2. The van der Waals surface area contributed by atoms with Gasteiger partial charge in [0.05, 0.1) is 4.88 Å². The molecule has 3 unspecified atom stereocenters. The highest BCUT2D eigenvalue weighted by atomic mass is 32.1. The van der Waals surface area contributed by atoms with Gasteiger partial charge in [-0.25, -0.2) is 0 Å². The van der Waals surface area contributed by atoms with E-state index in [1.807, 2.05) is 29.0 Å². The van der Waals surface area contributed by atoms with Gasteiger partial charge < -0.3 is 9.80 Å². The first-order chi connectivity index (χ1) is 14.9. The van der Waals surface area contributed by atoms with Crippen molar-refractivity contribution in [2.24, 2.45) is 0 Å². The lowest BCUT2D eigenvalue weighted by Crippen LogP contribution is -2.42. The molecule has 2 aromatic rings. The quantitative estimate of drug-likeness (QED) is 0.743. The summed E-state index contributed by atoms with van der Waals surface area (Å²) in [7, 11) is 1.90. The minimum absolute atomic E-state index is 0.0838. The lowest BCUT2D eigenvalue weighted by atomic mass is 9.97. The van der Waals surface area contributed by atoms with Crippen LogP contribution < -0.4 is 10.9 Å². The van der Waals surface area contributed by atoms with Crippen molar-refractivity contribution in [1.82, 2.24) is 20.7 Å². The predicted molar refractivity (Wildman–Crippen MR) is 126 cm³/mol. The number of likely N-dealkylation sites (tertiary alicyclic amines) is 1. The molecule has 1 aromatic carbocycles. The summed E-state index contributed by atoms with van der Waals surface area (Å²) >= 11 is 1.59. The minimum atomic E-state index is 0.0838. The highest BCUT2D eigenvalue weighted by molar-refractivity contribution is 7.21. The third kappa shape index (κ3) is 4.94. The maximum absolute atomic E-state index is 13.5. The van der Waals surface area contributed by atoms with Gasteiger partial charge in [0.15, 0.2) is 0 Å². The van der Waals surface area contributed by atoms with Crippen molar-refractivity contribution in [3.05, 3.63) is 34.7 Å². The number of amides is 2. The van der Waals surface area contributed by atoms with Crippen LogP contribution in [-0.4, -0.2) is 59.9 Å². The Kier molecular flexibility index (Phi) is 6.94. The Hall–Kier alpha value is -1.96. The van der Waals surface area contributed by atoms with Crippen LogP contribution in [-0.2, 0) is 11.2 Å². The van der Waals surface area contributed by atoms with Gasteiger partial charge in [-0.3, -0.25) is 20.4 Å². The number of hydrogen-bond acceptors (Lipinski definition) is 5. The Morgan fingerprint density at radius 2 is 2.00 bits per heavy atom. The first kappa shape index (κ1) is 22.2. The van der Waals surface area contributed by atoms with Gasteiger partial charge >= 0.3 is 0 Å². The largest absolute Gasteiger partial charge is 0.340 e. The lowest BCUT2D eigenvalue weighted by Gasteiger charge is -2.29. The van der Waals surface area contributed by atoms with Gasteiger partial charge in [-0.1, -0.05) is 31.0 Å². The lowest BCUT2D eigenvalue weighted by molar-refractivity contribution is -0.131. The Bertz CT molecular complexity index is 943. The number of nitrogens with zero attached hydrogens (tertiary/aromatic N) is 2. The zero-order chi connectivity index (χ0) is 22.0. The number of hydrogen-bond donors (Lipinski definition) is 2. The number of fused-ring (bicyclic) bond motifs is 1. The average molecular weight is 443 g/mol. The number of thiophene rings is 1. The van der Waals surface area contributed by atoms with Crippen molar-refractivity contribution in [1.29, 1.82) is 0 Å². The summed E-state index contributed by atoms with van der Waals surface area (Å²) in [4.78, 5) is 30.6. The summed E-state index contributed by atoms with van der Waals surface area (Å²) in [6.07, 6.45) is 6.13. The van der Waals surface area contributed by atoms with E-state index in [9.17, 15) is 9.59 Å². The van der Waals surface area contributed by atoms with E-state index in [0.29, 0.717) is 12.6 Å². The molecule has 31 heavy (non-hydrogen) atoms. The van der Waals surface area contributed by atoms with Gasteiger partial charge in [-0.05, 0) is 49.6 Å². The highest BCUT2D eigenvalue weighted by Crippen LogP contribution is 2.35. The number of hydrazine groups is 1. The van der Waals surface area contributed by atoms with Gasteiger partial charge in [0.25, 0.3) is 5.91 Å². The molecular formula is C24H34N4O2S. The Morgan fingerprint density at radius 1 is 1.19 bits per heavy atom. The summed E-state index contributed by atoms with van der Waals surface area (Å²) in [6.45, 7) is 5.32. The van der Waals surface area contributed by atoms with E-state index in [-0.39, 0.29) is 23.9 Å². The van der Waals surface area contributed by atoms with Gasteiger partial charge in [0.2, 0.25) is 5.91 Å². The van der Waals surface area contributed by atoms with Crippen molar-refractivity contribution in [3.8, 4) is 0 Å². The Balaban J connectivity index is 1.62. The van der Waals surface area contributed by atoms with E-state index >= 15 is 0 Å². The fourth-order valence-electron chi connectivity index (χ4n) is 5.03. The molecule has 3 atom stereocenters. The van der Waals surface area contributed by atoms with Gasteiger partial charge in [-0.2, -0.15) is 0 Å². The molecular weight excluding hydrogens is 408 g/mol. The number of rotatable bonds is 5. The van der Waals surface area contributed by atoms with Crippen LogP contribution in [0.1, 0.15) is 61.2 Å². The fourth-order valence-corrected chi connectivity index (χ4v) is 6.25. The van der Waals surface area contributed by atoms with Gasteiger partial charge in [-0.15, -0.1) is 11.3 Å². The summed E-state index contributed by atoms with van der Waals surface area (Å²) in [5, 5.41) is 1.16. The monoisotopic (exact) mass is 442 g/mol. The van der Waals surface area contributed by atoms with E-state index in [1.54, 1.807) is 18.3 Å². The molecule has 0 aliphatic carbocycles. The van der Waals surface area contributed by atoms with Crippen LogP contribution in [0.5, 0.6) is 0 Å². The molecule has 2 fully saturated rings. The second-order valence-electron chi connectivity index (χ2n) is 9.13. The first-order valence-electron chi connectivity index (χ1n) is 11.5. The molecule has 0 spiro atoms. The number of likely N-dealkylation sites (N-methyl/N-ethyl adjacent to an activating group) is 1. The molecule has 2 amide bonds. The number of nitrogens with one attached hydrogen (secondary N) is 2. The standard InChI is InChI=1S/C24H34N4O2S/c1-16-13-18(26-25-16)15-27(3)24(30)23-21(20-10-6-7-11-22(20)31-23)14-19-9-5-4-8-12-28(19)17(2)29/h6-7,10-11,16,18-19,25-26H,4-5,8-9,12-15H2,1-3H3. The normalized spacial score (nSPS) is 24.4. The van der Waals surface area contributed by atoms with E-state index in [4.69, 9.17) is 0 Å². The maximum atomic E-state index is 13.5. The smallest absolute Gasteiger partial charge is 0.264 e. The molecule has 7 heteroatoms. The third-order valence-corrected chi connectivity index (χ3v) is 7.83. The van der Waals surface area contributed by atoms with Crippen molar-refractivity contribution in [3.63, 3.8) is 0 Å². The molecule has 168 valence electrons. The maximum Gasteiger partial charge on any atom is 0.264 e. The second kappa shape index (κ2) is 9.67. The van der Waals surface area contributed by atoms with Crippen LogP contribution in [0.2, 0.25) is 0 Å². The molecule has 0 saturated carbocycles. The van der Waals surface area contributed by atoms with Crippen molar-refractivity contribution in [2.45, 2.75) is 70.5 Å². The van der Waals surface area contributed by atoms with Crippen LogP contribution >= 0.6 is 11.3 Å². The first-order valence-corrected chi connectivity index (χ1v) is 12.3. The molecule has 2 aliphatic heterocycles. The van der Waals surface area contributed by atoms with Crippen molar-refractivity contribution >= 4 is 33.2 Å². The minimum Gasteiger partial charge on any atom is -0.340 e. The van der Waals surface area contributed by atoms with Gasteiger partial charge in [0, 0.05) is 49.9 Å². The zero-order valence-corrected chi connectivity index (χ0v) is 19.6. The van der Waals surface area contributed by atoms with Crippen molar-refractivity contribution < 1.29 is 9.59 Å². The summed E-state index contributed by atoms with van der Waals surface area (Å²) < 4.78 is 1.14. The van der Waals surface area contributed by atoms with Crippen LogP contribution in [0.15, 0.2) is 24.3 Å². The summed E-state index contributed by atoms with van der Waals surface area (Å²) in [5.74, 6) is 0.228. The summed E-state index contributed by atoms with van der Waals surface area (Å²) in [5.41, 5.74) is 7.64. The Labute approximate surface area is 188 Å². The fraction of sp³-hybridized carbons (Fsp3) is 0.583. The topological polar surface area (TPSA) is 64.7 Å². The number of carbonyl (C=O) groups excluding carboxylic acids is 2. The summed E-state index contributed by atoms with van der Waals surface area (Å²) in [6, 6.07) is 9.14. The molecule has 1 aromatic heterocycles. The van der Waals surface area contributed by atoms with E-state index < -0.39 is 0 Å². The van der Waals surface area contributed by atoms with E-state index in [2.05, 4.69) is 29.9 Å². The molecule has 2 N–H and O–H groups in total. The molecule has 0 radical (unpaired) electrons. The van der Waals surface area contributed by atoms with Crippen LogP contribution in [0.25, 0.3) is 10.1 Å². The molecule has 2 saturated heterocycles. The van der Waals surface area contributed by atoms with Gasteiger partial charge in [0.1, 0.15) is 0 Å². The number of benzene rings is 1. The van der Waals surface area contributed by atoms with E-state index in [0.717, 1.165) is 59.2 Å². The molecule has 3 heterocycles. The highest BCUT2D eigenvalue weighted by Gasteiger charge is 2.29. The third-order valence-electron chi connectivity index (χ3n) is 6.63. The van der Waals surface area contributed by atoms with E-state index in [1.165, 1.54) is 6.42 Å². The molecule has 6 nitrogen and oxygen atoms in total. The van der Waals surface area contributed by atoms with Crippen LogP contribution in [0.4, 0.5) is 0 Å². The molecule has 0 bridgehead atoms. The molecule has 4 rings (SSSR count). The van der Waals surface area contributed by atoms with Crippen LogP contribution in [0.3, 0.4) is 0 Å². The number of carbonyl (C=O) groups is 2.